The number of carbonyl (C=O) groups is 2. The molecule has 21 heavy (non-hydrogen) atoms. The molecule has 0 saturated carbocycles. The van der Waals surface area contributed by atoms with Gasteiger partial charge < -0.3 is 16.2 Å². The maximum absolute atomic E-state index is 12.0. The molecule has 0 saturated heterocycles. The Bertz CT molecular complexity index is 530. The van der Waals surface area contributed by atoms with Crippen molar-refractivity contribution in [3.63, 3.8) is 0 Å². The maximum atomic E-state index is 12.0. The molecule has 1 aromatic carbocycles. The minimum absolute atomic E-state index is 0.128. The van der Waals surface area contributed by atoms with E-state index in [1.165, 1.54) is 0 Å². The fourth-order valence-electron chi connectivity index (χ4n) is 1.92. The highest BCUT2D eigenvalue weighted by atomic mass is 79.9. The third kappa shape index (κ3) is 6.16. The lowest BCUT2D eigenvalue weighted by Crippen LogP contribution is -2.29. The average Bonchev–Trinajstić information content (AvgIpc) is 2.36. The standard InChI is InChI=1S/C15H21BrN2O3/c1-15(2,6-5-13(19)20)7-8-18-14(21)11-4-3-10(16)9-12(11)17/h3-4,9H,5-8,17H2,1-2H3,(H,18,21)(H,19,20). The number of rotatable bonds is 7. The zero-order valence-corrected chi connectivity index (χ0v) is 13.9. The van der Waals surface area contributed by atoms with Crippen LogP contribution in [-0.4, -0.2) is 23.5 Å². The Morgan fingerprint density at radius 2 is 2.00 bits per heavy atom. The van der Waals surface area contributed by atoms with Gasteiger partial charge in [-0.3, -0.25) is 9.59 Å². The van der Waals surface area contributed by atoms with E-state index in [9.17, 15) is 9.59 Å². The van der Waals surface area contributed by atoms with Crippen molar-refractivity contribution in [2.45, 2.75) is 33.1 Å². The van der Waals surface area contributed by atoms with Crippen LogP contribution in [0.1, 0.15) is 43.5 Å². The number of nitrogens with one attached hydrogen (secondary N) is 1. The molecule has 0 radical (unpaired) electrons. The largest absolute Gasteiger partial charge is 0.481 e. The van der Waals surface area contributed by atoms with Crippen molar-refractivity contribution >= 4 is 33.5 Å². The molecule has 4 N–H and O–H groups in total. The van der Waals surface area contributed by atoms with E-state index in [0.29, 0.717) is 30.6 Å². The van der Waals surface area contributed by atoms with Crippen LogP contribution in [0.3, 0.4) is 0 Å². The lowest BCUT2D eigenvalue weighted by atomic mass is 9.84. The molecule has 0 unspecified atom stereocenters. The Hall–Kier alpha value is -1.56. The van der Waals surface area contributed by atoms with E-state index in [2.05, 4.69) is 21.2 Å². The molecule has 1 rings (SSSR count). The van der Waals surface area contributed by atoms with Crippen LogP contribution in [0.5, 0.6) is 0 Å². The highest BCUT2D eigenvalue weighted by Crippen LogP contribution is 2.26. The number of carbonyl (C=O) groups excluding carboxylic acids is 1. The molecule has 0 bridgehead atoms. The van der Waals surface area contributed by atoms with Crippen LogP contribution in [0.25, 0.3) is 0 Å². The zero-order chi connectivity index (χ0) is 16.0. The van der Waals surface area contributed by atoms with Crippen LogP contribution < -0.4 is 11.1 Å². The molecule has 0 heterocycles. The van der Waals surface area contributed by atoms with Gasteiger partial charge in [0.2, 0.25) is 0 Å². The first-order chi connectivity index (χ1) is 9.71. The third-order valence-corrected chi connectivity index (χ3v) is 3.85. The fourth-order valence-corrected chi connectivity index (χ4v) is 2.30. The SMILES string of the molecule is CC(C)(CCNC(=O)c1ccc(Br)cc1N)CCC(=O)O. The summed E-state index contributed by atoms with van der Waals surface area (Å²) in [5.74, 6) is -1.01. The van der Waals surface area contributed by atoms with Gasteiger partial charge in [-0.05, 0) is 36.5 Å². The number of hydrogen-bond acceptors (Lipinski definition) is 3. The van der Waals surface area contributed by atoms with Crippen molar-refractivity contribution in [3.8, 4) is 0 Å². The molecular formula is C15H21BrN2O3. The summed E-state index contributed by atoms with van der Waals surface area (Å²) < 4.78 is 0.825. The molecule has 1 aromatic rings. The summed E-state index contributed by atoms with van der Waals surface area (Å²) in [5, 5.41) is 11.5. The van der Waals surface area contributed by atoms with E-state index in [1.807, 2.05) is 13.8 Å². The minimum Gasteiger partial charge on any atom is -0.481 e. The molecule has 0 aromatic heterocycles. The number of amides is 1. The molecule has 5 nitrogen and oxygen atoms in total. The summed E-state index contributed by atoms with van der Waals surface area (Å²) in [6, 6.07) is 5.12. The van der Waals surface area contributed by atoms with Gasteiger partial charge in [0.15, 0.2) is 0 Å². The van der Waals surface area contributed by atoms with Crippen molar-refractivity contribution in [3.05, 3.63) is 28.2 Å². The van der Waals surface area contributed by atoms with Gasteiger partial charge in [0.05, 0.1) is 5.56 Å². The summed E-state index contributed by atoms with van der Waals surface area (Å²) in [6.45, 7) is 4.48. The van der Waals surface area contributed by atoms with Crippen molar-refractivity contribution < 1.29 is 14.7 Å². The number of carboxylic acids is 1. The summed E-state index contributed by atoms with van der Waals surface area (Å²) in [6.07, 6.45) is 1.43. The highest BCUT2D eigenvalue weighted by Gasteiger charge is 2.19. The van der Waals surface area contributed by atoms with Crippen LogP contribution in [0.15, 0.2) is 22.7 Å². The monoisotopic (exact) mass is 356 g/mol. The first kappa shape index (κ1) is 17.5. The van der Waals surface area contributed by atoms with Crippen molar-refractivity contribution in [2.75, 3.05) is 12.3 Å². The lowest BCUT2D eigenvalue weighted by Gasteiger charge is -2.23. The average molecular weight is 357 g/mol. The summed E-state index contributed by atoms with van der Waals surface area (Å²) in [5.41, 5.74) is 6.55. The Balaban J connectivity index is 2.48. The summed E-state index contributed by atoms with van der Waals surface area (Å²) >= 11 is 3.29. The Morgan fingerprint density at radius 3 is 2.57 bits per heavy atom. The second-order valence-corrected chi connectivity index (χ2v) is 6.71. The van der Waals surface area contributed by atoms with Gasteiger partial charge >= 0.3 is 5.97 Å². The topological polar surface area (TPSA) is 92.4 Å². The van der Waals surface area contributed by atoms with Gasteiger partial charge in [0, 0.05) is 23.1 Å². The predicted octanol–water partition coefficient (Wildman–Crippen LogP) is 3.04. The smallest absolute Gasteiger partial charge is 0.303 e. The lowest BCUT2D eigenvalue weighted by molar-refractivity contribution is -0.137. The Labute approximate surface area is 133 Å². The molecular weight excluding hydrogens is 336 g/mol. The van der Waals surface area contributed by atoms with E-state index in [-0.39, 0.29) is 17.7 Å². The second kappa shape index (κ2) is 7.45. The van der Waals surface area contributed by atoms with Gasteiger partial charge in [-0.25, -0.2) is 0 Å². The maximum Gasteiger partial charge on any atom is 0.303 e. The van der Waals surface area contributed by atoms with E-state index < -0.39 is 5.97 Å². The Kier molecular flexibility index (Phi) is 6.20. The van der Waals surface area contributed by atoms with Gasteiger partial charge in [0.25, 0.3) is 5.91 Å². The number of carboxylic acid groups (broad SMARTS) is 1. The van der Waals surface area contributed by atoms with Gasteiger partial charge in [-0.2, -0.15) is 0 Å². The quantitative estimate of drug-likeness (QED) is 0.654. The van der Waals surface area contributed by atoms with Gasteiger partial charge in [-0.1, -0.05) is 29.8 Å². The fraction of sp³-hybridized carbons (Fsp3) is 0.467. The summed E-state index contributed by atoms with van der Waals surface area (Å²) in [7, 11) is 0. The highest BCUT2D eigenvalue weighted by molar-refractivity contribution is 9.10. The molecule has 0 atom stereocenters. The molecule has 0 spiro atoms. The van der Waals surface area contributed by atoms with Crippen molar-refractivity contribution in [1.82, 2.24) is 5.32 Å². The molecule has 0 aliphatic rings. The summed E-state index contributed by atoms with van der Waals surface area (Å²) in [4.78, 5) is 22.6. The number of hydrogen-bond donors (Lipinski definition) is 3. The number of aliphatic carboxylic acids is 1. The van der Waals surface area contributed by atoms with E-state index in [1.54, 1.807) is 18.2 Å². The van der Waals surface area contributed by atoms with E-state index in [4.69, 9.17) is 10.8 Å². The first-order valence-electron chi connectivity index (χ1n) is 6.76. The second-order valence-electron chi connectivity index (χ2n) is 5.80. The zero-order valence-electron chi connectivity index (χ0n) is 12.3. The molecule has 0 aliphatic heterocycles. The van der Waals surface area contributed by atoms with Gasteiger partial charge in [0.1, 0.15) is 0 Å². The molecule has 0 fully saturated rings. The molecule has 0 aliphatic carbocycles. The van der Waals surface area contributed by atoms with Crippen molar-refractivity contribution in [1.29, 1.82) is 0 Å². The number of halogens is 1. The molecule has 1 amide bonds. The molecule has 6 heteroatoms. The number of benzene rings is 1. The minimum atomic E-state index is -0.797. The third-order valence-electron chi connectivity index (χ3n) is 3.36. The van der Waals surface area contributed by atoms with E-state index in [0.717, 1.165) is 4.47 Å². The number of nitrogens with two attached hydrogens (primary N) is 1. The molecule has 116 valence electrons. The van der Waals surface area contributed by atoms with E-state index >= 15 is 0 Å². The van der Waals surface area contributed by atoms with Crippen molar-refractivity contribution in [2.24, 2.45) is 5.41 Å². The van der Waals surface area contributed by atoms with Crippen LogP contribution in [0.2, 0.25) is 0 Å². The normalized spacial score (nSPS) is 11.2. The first-order valence-corrected chi connectivity index (χ1v) is 7.55. The Morgan fingerprint density at radius 1 is 1.33 bits per heavy atom. The predicted molar refractivity (Wildman–Crippen MR) is 86.2 cm³/mol. The van der Waals surface area contributed by atoms with Crippen LogP contribution in [0, 0.1) is 5.41 Å². The van der Waals surface area contributed by atoms with Crippen LogP contribution in [0.4, 0.5) is 5.69 Å². The number of nitrogen functional groups attached to an aromatic ring is 1. The van der Waals surface area contributed by atoms with Crippen LogP contribution in [-0.2, 0) is 4.79 Å². The van der Waals surface area contributed by atoms with Gasteiger partial charge in [-0.15, -0.1) is 0 Å². The number of anilines is 1. The van der Waals surface area contributed by atoms with Crippen LogP contribution >= 0.6 is 15.9 Å².